The number of aryl methyl sites for hydroxylation is 1. The molecule has 1 amide bonds. The molecule has 6 nitrogen and oxygen atoms in total. The lowest BCUT2D eigenvalue weighted by molar-refractivity contribution is -0.116. The largest absolute Gasteiger partial charge is 0.352 e. The van der Waals surface area contributed by atoms with Gasteiger partial charge in [-0.15, -0.1) is 0 Å². The fourth-order valence-corrected chi connectivity index (χ4v) is 4.77. The molecule has 35 heavy (non-hydrogen) atoms. The van der Waals surface area contributed by atoms with Crippen molar-refractivity contribution in [3.63, 3.8) is 0 Å². The van der Waals surface area contributed by atoms with Crippen LogP contribution < -0.4 is 10.6 Å². The van der Waals surface area contributed by atoms with Gasteiger partial charge in [0.2, 0.25) is 5.91 Å². The predicted octanol–water partition coefficient (Wildman–Crippen LogP) is 5.18. The molecule has 7 heteroatoms. The molecule has 4 aromatic rings. The summed E-state index contributed by atoms with van der Waals surface area (Å²) < 4.78 is 2.11. The summed E-state index contributed by atoms with van der Waals surface area (Å²) >= 11 is 5.74. The Morgan fingerprint density at radius 1 is 1.03 bits per heavy atom. The number of amides is 1. The van der Waals surface area contributed by atoms with E-state index in [9.17, 15) is 4.79 Å². The monoisotopic (exact) mass is 481 g/mol. The fourth-order valence-electron chi connectivity index (χ4n) is 4.44. The van der Waals surface area contributed by atoms with Crippen LogP contribution in [0.25, 0.3) is 5.69 Å². The normalized spacial score (nSPS) is 17.3. The molecule has 2 unspecified atom stereocenters. The Labute approximate surface area is 210 Å². The highest BCUT2D eigenvalue weighted by molar-refractivity contribution is 7.80. The van der Waals surface area contributed by atoms with Gasteiger partial charge in [-0.1, -0.05) is 42.0 Å². The number of para-hydroxylation sites is 1. The average molecular weight is 482 g/mol. The number of pyridine rings is 1. The third-order valence-corrected chi connectivity index (χ3v) is 6.58. The number of thiocarbonyl (C=S) groups is 1. The standard InChI is InChI=1S/C28H27N5OS/c1-20-10-12-22(13-11-20)30-25(34)15-18-33-27(26(31-28(33)35)24-9-5-6-16-29-24)21-14-17-32(19-21)23-7-3-2-4-8-23/h2-14,16-17,19,26-27H,15,18H2,1H3,(H,30,34)(H,31,35). The molecule has 1 fully saturated rings. The first-order valence-corrected chi connectivity index (χ1v) is 12.1. The Morgan fingerprint density at radius 3 is 2.54 bits per heavy atom. The number of nitrogens with one attached hydrogen (secondary N) is 2. The van der Waals surface area contributed by atoms with Crippen molar-refractivity contribution in [2.24, 2.45) is 0 Å². The third kappa shape index (κ3) is 5.10. The number of carbonyl (C=O) groups excluding carboxylic acids is 1. The molecule has 1 saturated heterocycles. The summed E-state index contributed by atoms with van der Waals surface area (Å²) in [7, 11) is 0. The lowest BCUT2D eigenvalue weighted by atomic mass is 9.99. The molecular formula is C28H27N5OS. The van der Waals surface area contributed by atoms with Crippen LogP contribution in [0.2, 0.25) is 0 Å². The minimum Gasteiger partial charge on any atom is -0.352 e. The average Bonchev–Trinajstić information content (AvgIpc) is 3.50. The molecule has 1 aliphatic rings. The SMILES string of the molecule is Cc1ccc(NC(=O)CCN2C(=S)NC(c3ccccn3)C2c2ccn(-c3ccccc3)c2)cc1. The number of hydrogen-bond donors (Lipinski definition) is 2. The van der Waals surface area contributed by atoms with Gasteiger partial charge < -0.3 is 20.1 Å². The Morgan fingerprint density at radius 2 is 1.80 bits per heavy atom. The topological polar surface area (TPSA) is 62.2 Å². The summed E-state index contributed by atoms with van der Waals surface area (Å²) in [6.45, 7) is 2.52. The van der Waals surface area contributed by atoms with Crippen molar-refractivity contribution in [2.75, 3.05) is 11.9 Å². The molecular weight excluding hydrogens is 454 g/mol. The van der Waals surface area contributed by atoms with E-state index < -0.39 is 0 Å². The summed E-state index contributed by atoms with van der Waals surface area (Å²) in [5.41, 5.74) is 5.06. The molecule has 2 atom stereocenters. The van der Waals surface area contributed by atoms with Gasteiger partial charge in [0, 0.05) is 42.9 Å². The van der Waals surface area contributed by atoms with Gasteiger partial charge in [-0.05, 0) is 67.2 Å². The quantitative estimate of drug-likeness (QED) is 0.356. The Hall–Kier alpha value is -3.97. The van der Waals surface area contributed by atoms with Crippen LogP contribution in [0.5, 0.6) is 0 Å². The number of anilines is 1. The highest BCUT2D eigenvalue weighted by Crippen LogP contribution is 2.39. The summed E-state index contributed by atoms with van der Waals surface area (Å²) in [6, 6.07) is 25.8. The molecule has 0 spiro atoms. The second-order valence-corrected chi connectivity index (χ2v) is 9.06. The smallest absolute Gasteiger partial charge is 0.226 e. The van der Waals surface area contributed by atoms with E-state index >= 15 is 0 Å². The van der Waals surface area contributed by atoms with E-state index in [1.165, 1.54) is 0 Å². The molecule has 2 aromatic heterocycles. The first-order valence-electron chi connectivity index (χ1n) is 11.7. The summed E-state index contributed by atoms with van der Waals surface area (Å²) in [6.07, 6.45) is 6.30. The molecule has 0 bridgehead atoms. The number of rotatable bonds is 7. The molecule has 176 valence electrons. The molecule has 3 heterocycles. The zero-order valence-corrected chi connectivity index (χ0v) is 20.3. The summed E-state index contributed by atoms with van der Waals surface area (Å²) in [4.78, 5) is 19.4. The van der Waals surface area contributed by atoms with Gasteiger partial charge in [-0.25, -0.2) is 0 Å². The highest BCUT2D eigenvalue weighted by atomic mass is 32.1. The highest BCUT2D eigenvalue weighted by Gasteiger charge is 2.40. The van der Waals surface area contributed by atoms with Crippen molar-refractivity contribution in [3.8, 4) is 5.69 Å². The lowest BCUT2D eigenvalue weighted by Crippen LogP contribution is -2.32. The minimum atomic E-state index is -0.115. The number of carbonyl (C=O) groups is 1. The molecule has 2 aromatic carbocycles. The first-order chi connectivity index (χ1) is 17.1. The van der Waals surface area contributed by atoms with E-state index in [1.807, 2.05) is 67.6 Å². The van der Waals surface area contributed by atoms with Crippen molar-refractivity contribution in [3.05, 3.63) is 114 Å². The van der Waals surface area contributed by atoms with Crippen LogP contribution in [0.15, 0.2) is 97.5 Å². The summed E-state index contributed by atoms with van der Waals surface area (Å²) in [5.74, 6) is -0.0430. The Balaban J connectivity index is 1.38. The second kappa shape index (κ2) is 10.1. The van der Waals surface area contributed by atoms with Crippen LogP contribution in [-0.4, -0.2) is 32.0 Å². The van der Waals surface area contributed by atoms with Crippen molar-refractivity contribution >= 4 is 28.9 Å². The van der Waals surface area contributed by atoms with Crippen LogP contribution in [0, 0.1) is 6.92 Å². The van der Waals surface area contributed by atoms with Crippen LogP contribution in [-0.2, 0) is 4.79 Å². The number of hydrogen-bond acceptors (Lipinski definition) is 3. The van der Waals surface area contributed by atoms with Crippen molar-refractivity contribution in [2.45, 2.75) is 25.4 Å². The van der Waals surface area contributed by atoms with E-state index in [2.05, 4.69) is 55.7 Å². The second-order valence-electron chi connectivity index (χ2n) is 8.67. The molecule has 5 rings (SSSR count). The van der Waals surface area contributed by atoms with Crippen LogP contribution >= 0.6 is 12.2 Å². The lowest BCUT2D eigenvalue weighted by Gasteiger charge is -2.27. The number of nitrogens with zero attached hydrogens (tertiary/aromatic N) is 3. The molecule has 0 aliphatic carbocycles. The van der Waals surface area contributed by atoms with Crippen LogP contribution in [0.3, 0.4) is 0 Å². The van der Waals surface area contributed by atoms with Crippen molar-refractivity contribution in [1.82, 2.24) is 19.8 Å². The van der Waals surface area contributed by atoms with E-state index in [1.54, 1.807) is 6.20 Å². The van der Waals surface area contributed by atoms with Gasteiger partial charge in [0.15, 0.2) is 5.11 Å². The van der Waals surface area contributed by atoms with Gasteiger partial charge in [-0.3, -0.25) is 9.78 Å². The van der Waals surface area contributed by atoms with Crippen LogP contribution in [0.4, 0.5) is 5.69 Å². The van der Waals surface area contributed by atoms with Crippen LogP contribution in [0.1, 0.15) is 35.3 Å². The minimum absolute atomic E-state index is 0.0430. The van der Waals surface area contributed by atoms with E-state index in [0.717, 1.165) is 28.2 Å². The number of benzene rings is 2. The van der Waals surface area contributed by atoms with E-state index in [0.29, 0.717) is 18.1 Å². The molecule has 0 radical (unpaired) electrons. The number of aromatic nitrogens is 2. The first kappa shape index (κ1) is 22.8. The van der Waals surface area contributed by atoms with E-state index in [-0.39, 0.29) is 18.0 Å². The Bertz CT molecular complexity index is 1300. The molecule has 2 N–H and O–H groups in total. The maximum Gasteiger partial charge on any atom is 0.226 e. The van der Waals surface area contributed by atoms with Crippen molar-refractivity contribution in [1.29, 1.82) is 0 Å². The Kier molecular flexibility index (Phi) is 6.59. The van der Waals surface area contributed by atoms with Gasteiger partial charge in [0.05, 0.1) is 17.8 Å². The van der Waals surface area contributed by atoms with Crippen molar-refractivity contribution < 1.29 is 4.79 Å². The maximum absolute atomic E-state index is 12.7. The van der Waals surface area contributed by atoms with Gasteiger partial charge in [0.25, 0.3) is 0 Å². The summed E-state index contributed by atoms with van der Waals surface area (Å²) in [5, 5.41) is 7.06. The predicted molar refractivity (Wildman–Crippen MR) is 142 cm³/mol. The van der Waals surface area contributed by atoms with E-state index in [4.69, 9.17) is 12.2 Å². The third-order valence-electron chi connectivity index (χ3n) is 6.22. The zero-order chi connectivity index (χ0) is 24.2. The van der Waals surface area contributed by atoms with Gasteiger partial charge in [0.1, 0.15) is 0 Å². The fraction of sp³-hybridized carbons (Fsp3) is 0.179. The zero-order valence-electron chi connectivity index (χ0n) is 19.5. The molecule has 1 aliphatic heterocycles. The van der Waals surface area contributed by atoms with Gasteiger partial charge >= 0.3 is 0 Å². The maximum atomic E-state index is 12.7. The molecule has 0 saturated carbocycles. The van der Waals surface area contributed by atoms with Gasteiger partial charge in [-0.2, -0.15) is 0 Å².